The molecule has 0 amide bonds. The molecule has 0 saturated carbocycles. The van der Waals surface area contributed by atoms with Crippen molar-refractivity contribution in [2.75, 3.05) is 6.61 Å². The van der Waals surface area contributed by atoms with Crippen LogP contribution in [0.25, 0.3) is 0 Å². The molecule has 2 aromatic carbocycles. The molecule has 2 aromatic rings. The predicted molar refractivity (Wildman–Crippen MR) is 69.8 cm³/mol. The summed E-state index contributed by atoms with van der Waals surface area (Å²) in [6, 6.07) is 12.0. The SMILES string of the molecule is NC(CCOc1ccccc1)c1cc(F)ccc1F. The molecule has 0 radical (unpaired) electrons. The van der Waals surface area contributed by atoms with Gasteiger partial charge in [-0.15, -0.1) is 0 Å². The molecule has 0 aromatic heterocycles. The Labute approximate surface area is 110 Å². The first-order valence-corrected chi connectivity index (χ1v) is 6.05. The smallest absolute Gasteiger partial charge is 0.128 e. The summed E-state index contributed by atoms with van der Waals surface area (Å²) in [5.41, 5.74) is 6.02. The Kier molecular flexibility index (Phi) is 4.47. The van der Waals surface area contributed by atoms with E-state index in [0.29, 0.717) is 13.0 Å². The molecule has 0 saturated heterocycles. The van der Waals surface area contributed by atoms with E-state index in [2.05, 4.69) is 0 Å². The van der Waals surface area contributed by atoms with E-state index < -0.39 is 17.7 Å². The van der Waals surface area contributed by atoms with Crippen LogP contribution in [-0.4, -0.2) is 6.61 Å². The minimum absolute atomic E-state index is 0.177. The second-order valence-electron chi connectivity index (χ2n) is 4.22. The largest absolute Gasteiger partial charge is 0.494 e. The number of ether oxygens (including phenoxy) is 1. The molecule has 0 aliphatic heterocycles. The maximum absolute atomic E-state index is 13.5. The Morgan fingerprint density at radius 3 is 2.53 bits per heavy atom. The van der Waals surface area contributed by atoms with Gasteiger partial charge in [-0.05, 0) is 30.3 Å². The van der Waals surface area contributed by atoms with E-state index in [9.17, 15) is 8.78 Å². The van der Waals surface area contributed by atoms with E-state index in [1.165, 1.54) is 0 Å². The molecule has 0 heterocycles. The van der Waals surface area contributed by atoms with Crippen molar-refractivity contribution in [1.29, 1.82) is 0 Å². The van der Waals surface area contributed by atoms with Crippen molar-refractivity contribution < 1.29 is 13.5 Å². The van der Waals surface area contributed by atoms with Gasteiger partial charge in [-0.25, -0.2) is 8.78 Å². The molecule has 0 aliphatic rings. The lowest BCUT2D eigenvalue weighted by molar-refractivity contribution is 0.297. The van der Waals surface area contributed by atoms with Gasteiger partial charge in [-0.1, -0.05) is 18.2 Å². The Morgan fingerprint density at radius 1 is 1.05 bits per heavy atom. The average molecular weight is 263 g/mol. The number of rotatable bonds is 5. The highest BCUT2D eigenvalue weighted by Gasteiger charge is 2.12. The standard InChI is InChI=1S/C15H15F2NO/c16-11-6-7-14(17)13(10-11)15(18)8-9-19-12-4-2-1-3-5-12/h1-7,10,15H,8-9,18H2. The monoisotopic (exact) mass is 263 g/mol. The number of benzene rings is 2. The van der Waals surface area contributed by atoms with Crippen LogP contribution < -0.4 is 10.5 Å². The molecule has 0 spiro atoms. The van der Waals surface area contributed by atoms with Gasteiger partial charge in [0.25, 0.3) is 0 Å². The van der Waals surface area contributed by atoms with Crippen LogP contribution in [-0.2, 0) is 0 Å². The number of hydrogen-bond acceptors (Lipinski definition) is 2. The molecule has 19 heavy (non-hydrogen) atoms. The second kappa shape index (κ2) is 6.29. The summed E-state index contributed by atoms with van der Waals surface area (Å²) in [6.07, 6.45) is 0.412. The Hall–Kier alpha value is -1.94. The lowest BCUT2D eigenvalue weighted by Gasteiger charge is -2.13. The van der Waals surface area contributed by atoms with Crippen LogP contribution in [0.1, 0.15) is 18.0 Å². The van der Waals surface area contributed by atoms with Crippen molar-refractivity contribution in [3.05, 3.63) is 65.7 Å². The third kappa shape index (κ3) is 3.76. The van der Waals surface area contributed by atoms with Crippen molar-refractivity contribution in [2.24, 2.45) is 5.73 Å². The molecule has 4 heteroatoms. The zero-order valence-corrected chi connectivity index (χ0v) is 10.4. The summed E-state index contributed by atoms with van der Waals surface area (Å²) in [5.74, 6) is -0.251. The van der Waals surface area contributed by atoms with Crippen molar-refractivity contribution in [3.8, 4) is 5.75 Å². The minimum atomic E-state index is -0.584. The highest BCUT2D eigenvalue weighted by atomic mass is 19.1. The lowest BCUT2D eigenvalue weighted by Crippen LogP contribution is -2.16. The molecular formula is C15H15F2NO. The fourth-order valence-corrected chi connectivity index (χ4v) is 1.77. The third-order valence-corrected chi connectivity index (χ3v) is 2.80. The highest BCUT2D eigenvalue weighted by Crippen LogP contribution is 2.19. The van der Waals surface area contributed by atoms with Gasteiger partial charge >= 0.3 is 0 Å². The van der Waals surface area contributed by atoms with E-state index in [4.69, 9.17) is 10.5 Å². The summed E-state index contributed by atoms with van der Waals surface area (Å²) in [6.45, 7) is 0.348. The summed E-state index contributed by atoms with van der Waals surface area (Å²) in [7, 11) is 0. The molecule has 0 aliphatic carbocycles. The topological polar surface area (TPSA) is 35.2 Å². The van der Waals surface area contributed by atoms with Crippen LogP contribution in [0.15, 0.2) is 48.5 Å². The summed E-state index contributed by atoms with van der Waals surface area (Å²) < 4.78 is 32.0. The Morgan fingerprint density at radius 2 is 1.79 bits per heavy atom. The van der Waals surface area contributed by atoms with Gasteiger partial charge in [-0.2, -0.15) is 0 Å². The zero-order valence-electron chi connectivity index (χ0n) is 10.4. The number of nitrogens with two attached hydrogens (primary N) is 1. The quantitative estimate of drug-likeness (QED) is 0.897. The summed E-state index contributed by atoms with van der Waals surface area (Å²) >= 11 is 0. The van der Waals surface area contributed by atoms with Crippen LogP contribution in [0.5, 0.6) is 5.75 Å². The fourth-order valence-electron chi connectivity index (χ4n) is 1.77. The van der Waals surface area contributed by atoms with Crippen molar-refractivity contribution in [3.63, 3.8) is 0 Å². The van der Waals surface area contributed by atoms with Gasteiger partial charge in [0.15, 0.2) is 0 Å². The maximum atomic E-state index is 13.5. The first kappa shape index (κ1) is 13.5. The molecule has 2 nitrogen and oxygen atoms in total. The summed E-state index contributed by atoms with van der Waals surface area (Å²) in [5, 5.41) is 0. The molecule has 0 fully saturated rings. The molecule has 100 valence electrons. The van der Waals surface area contributed by atoms with Gasteiger partial charge in [0.05, 0.1) is 6.61 Å². The molecule has 1 unspecified atom stereocenters. The van der Waals surface area contributed by atoms with Gasteiger partial charge < -0.3 is 10.5 Å². The van der Waals surface area contributed by atoms with Crippen LogP contribution in [0.3, 0.4) is 0 Å². The normalized spacial score (nSPS) is 12.2. The van der Waals surface area contributed by atoms with Crippen molar-refractivity contribution in [1.82, 2.24) is 0 Å². The van der Waals surface area contributed by atoms with Gasteiger partial charge in [0.2, 0.25) is 0 Å². The lowest BCUT2D eigenvalue weighted by atomic mass is 10.0. The molecular weight excluding hydrogens is 248 g/mol. The minimum Gasteiger partial charge on any atom is -0.494 e. The second-order valence-corrected chi connectivity index (χ2v) is 4.22. The van der Waals surface area contributed by atoms with E-state index in [0.717, 1.165) is 23.9 Å². The highest BCUT2D eigenvalue weighted by molar-refractivity contribution is 5.23. The van der Waals surface area contributed by atoms with Crippen molar-refractivity contribution >= 4 is 0 Å². The Balaban J connectivity index is 1.91. The van der Waals surface area contributed by atoms with Crippen LogP contribution in [0.4, 0.5) is 8.78 Å². The molecule has 2 N–H and O–H groups in total. The summed E-state index contributed by atoms with van der Waals surface area (Å²) in [4.78, 5) is 0. The van der Waals surface area contributed by atoms with Crippen LogP contribution >= 0.6 is 0 Å². The molecule has 0 bridgehead atoms. The van der Waals surface area contributed by atoms with Crippen LogP contribution in [0.2, 0.25) is 0 Å². The zero-order chi connectivity index (χ0) is 13.7. The van der Waals surface area contributed by atoms with Crippen molar-refractivity contribution in [2.45, 2.75) is 12.5 Å². The maximum Gasteiger partial charge on any atom is 0.128 e. The molecule has 1 atom stereocenters. The Bertz CT molecular complexity index is 531. The number of halogens is 2. The van der Waals surface area contributed by atoms with Crippen LogP contribution in [0, 0.1) is 11.6 Å². The van der Waals surface area contributed by atoms with E-state index in [1.54, 1.807) is 0 Å². The average Bonchev–Trinajstić information content (AvgIpc) is 2.42. The number of hydrogen-bond donors (Lipinski definition) is 1. The third-order valence-electron chi connectivity index (χ3n) is 2.80. The van der Waals surface area contributed by atoms with E-state index in [1.807, 2.05) is 30.3 Å². The first-order valence-electron chi connectivity index (χ1n) is 6.05. The predicted octanol–water partition coefficient (Wildman–Crippen LogP) is 3.43. The van der Waals surface area contributed by atoms with Gasteiger partial charge in [0, 0.05) is 18.0 Å². The molecule has 2 rings (SSSR count). The first-order chi connectivity index (χ1) is 9.16. The van der Waals surface area contributed by atoms with Gasteiger partial charge in [0.1, 0.15) is 17.4 Å². The van der Waals surface area contributed by atoms with Gasteiger partial charge in [-0.3, -0.25) is 0 Å². The fraction of sp³-hybridized carbons (Fsp3) is 0.200. The van der Waals surface area contributed by atoms with E-state index >= 15 is 0 Å². The number of para-hydroxylation sites is 1. The van der Waals surface area contributed by atoms with E-state index in [-0.39, 0.29) is 5.56 Å².